The Kier molecular flexibility index (Phi) is 3.37. The van der Waals surface area contributed by atoms with Gasteiger partial charge in [-0.2, -0.15) is 0 Å². The van der Waals surface area contributed by atoms with Gasteiger partial charge in [0.2, 0.25) is 0 Å². The Morgan fingerprint density at radius 3 is 3.29 bits per heavy atom. The first kappa shape index (κ1) is 9.93. The van der Waals surface area contributed by atoms with E-state index < -0.39 is 0 Å². The Labute approximate surface area is 92.0 Å². The smallest absolute Gasteiger partial charge is 0.151 e. The highest BCUT2D eigenvalue weighted by Crippen LogP contribution is 2.23. The van der Waals surface area contributed by atoms with E-state index in [0.29, 0.717) is 6.04 Å². The van der Waals surface area contributed by atoms with Crippen LogP contribution in [-0.4, -0.2) is 24.2 Å². The third-order valence-electron chi connectivity index (χ3n) is 2.34. The molecule has 2 rings (SSSR count). The van der Waals surface area contributed by atoms with Gasteiger partial charge < -0.3 is 10.1 Å². The van der Waals surface area contributed by atoms with Crippen LogP contribution in [0.5, 0.6) is 5.75 Å². The molecule has 2 heterocycles. The van der Waals surface area contributed by atoms with Crippen molar-refractivity contribution in [3.05, 3.63) is 22.9 Å². The van der Waals surface area contributed by atoms with Crippen LogP contribution < -0.4 is 10.1 Å². The number of pyridine rings is 1. The van der Waals surface area contributed by atoms with E-state index >= 15 is 0 Å². The molecule has 0 saturated carbocycles. The first-order valence-electron chi connectivity index (χ1n) is 4.82. The lowest BCUT2D eigenvalue weighted by Gasteiger charge is -2.12. The van der Waals surface area contributed by atoms with Gasteiger partial charge in [0.05, 0.1) is 10.7 Å². The summed E-state index contributed by atoms with van der Waals surface area (Å²) in [6.45, 7) is 1.84. The molecule has 3 nitrogen and oxygen atoms in total. The summed E-state index contributed by atoms with van der Waals surface area (Å²) in [6, 6.07) is 2.39. The van der Waals surface area contributed by atoms with Gasteiger partial charge in [-0.25, -0.2) is 0 Å². The van der Waals surface area contributed by atoms with E-state index in [-0.39, 0.29) is 0 Å². The highest BCUT2D eigenvalue weighted by molar-refractivity contribution is 9.10. The molecule has 1 aliphatic rings. The maximum Gasteiger partial charge on any atom is 0.151 e. The summed E-state index contributed by atoms with van der Waals surface area (Å²) in [5.41, 5.74) is 0. The summed E-state index contributed by atoms with van der Waals surface area (Å²) >= 11 is 3.42. The second-order valence-electron chi connectivity index (χ2n) is 3.41. The molecule has 0 spiro atoms. The van der Waals surface area contributed by atoms with E-state index in [9.17, 15) is 0 Å². The third-order valence-corrected chi connectivity index (χ3v) is 2.99. The maximum absolute atomic E-state index is 5.65. The number of nitrogens with zero attached hydrogens (tertiary/aromatic N) is 1. The molecule has 0 amide bonds. The molecule has 0 aromatic carbocycles. The molecule has 1 unspecified atom stereocenters. The van der Waals surface area contributed by atoms with E-state index in [2.05, 4.69) is 26.2 Å². The van der Waals surface area contributed by atoms with Crippen LogP contribution in [0, 0.1) is 0 Å². The normalized spacial score (nSPS) is 21.1. The molecule has 4 heteroatoms. The molecule has 1 aromatic heterocycles. The molecule has 76 valence electrons. The van der Waals surface area contributed by atoms with E-state index in [1.807, 2.05) is 6.07 Å². The first-order valence-corrected chi connectivity index (χ1v) is 5.61. The minimum absolute atomic E-state index is 0.502. The van der Waals surface area contributed by atoms with Crippen molar-refractivity contribution in [1.82, 2.24) is 10.3 Å². The van der Waals surface area contributed by atoms with Crippen molar-refractivity contribution in [2.45, 2.75) is 18.9 Å². The van der Waals surface area contributed by atoms with Crippen LogP contribution in [0.2, 0.25) is 0 Å². The number of ether oxygens (including phenoxy) is 1. The van der Waals surface area contributed by atoms with Crippen molar-refractivity contribution in [2.24, 2.45) is 0 Å². The number of rotatable bonds is 3. The van der Waals surface area contributed by atoms with Crippen LogP contribution in [0.25, 0.3) is 0 Å². The van der Waals surface area contributed by atoms with Crippen molar-refractivity contribution >= 4 is 15.9 Å². The molecule has 0 radical (unpaired) electrons. The van der Waals surface area contributed by atoms with Crippen LogP contribution >= 0.6 is 15.9 Å². The number of nitrogens with one attached hydrogen (secondary N) is 1. The van der Waals surface area contributed by atoms with Crippen molar-refractivity contribution in [3.63, 3.8) is 0 Å². The predicted molar refractivity (Wildman–Crippen MR) is 58.5 cm³/mol. The number of aromatic nitrogens is 1. The zero-order valence-electron chi connectivity index (χ0n) is 7.87. The lowest BCUT2D eigenvalue weighted by Crippen LogP contribution is -2.28. The minimum Gasteiger partial charge on any atom is -0.489 e. The monoisotopic (exact) mass is 256 g/mol. The molecular weight excluding hydrogens is 244 g/mol. The van der Waals surface area contributed by atoms with Gasteiger partial charge in [-0.1, -0.05) is 0 Å². The van der Waals surface area contributed by atoms with E-state index in [4.69, 9.17) is 4.74 Å². The van der Waals surface area contributed by atoms with Gasteiger partial charge in [-0.15, -0.1) is 0 Å². The fourth-order valence-electron chi connectivity index (χ4n) is 1.56. The van der Waals surface area contributed by atoms with Gasteiger partial charge in [0.1, 0.15) is 6.61 Å². The van der Waals surface area contributed by atoms with Crippen molar-refractivity contribution < 1.29 is 4.74 Å². The van der Waals surface area contributed by atoms with E-state index in [1.165, 1.54) is 12.8 Å². The molecule has 1 saturated heterocycles. The predicted octanol–water partition coefficient (Wildman–Crippen LogP) is 1.97. The summed E-state index contributed by atoms with van der Waals surface area (Å²) in [4.78, 5) is 4.02. The molecule has 14 heavy (non-hydrogen) atoms. The van der Waals surface area contributed by atoms with Crippen molar-refractivity contribution in [2.75, 3.05) is 13.2 Å². The quantitative estimate of drug-likeness (QED) is 0.898. The Hall–Kier alpha value is -0.610. The topological polar surface area (TPSA) is 34.1 Å². The van der Waals surface area contributed by atoms with Crippen LogP contribution in [0.15, 0.2) is 22.9 Å². The van der Waals surface area contributed by atoms with Crippen molar-refractivity contribution in [1.29, 1.82) is 0 Å². The molecular formula is C10H13BrN2O. The fourth-order valence-corrected chi connectivity index (χ4v) is 1.89. The average Bonchev–Trinajstić information content (AvgIpc) is 2.69. The second kappa shape index (κ2) is 4.75. The summed E-state index contributed by atoms with van der Waals surface area (Å²) in [5, 5.41) is 3.39. The zero-order chi connectivity index (χ0) is 9.80. The molecule has 1 N–H and O–H groups in total. The Bertz CT molecular complexity index is 300. The van der Waals surface area contributed by atoms with Gasteiger partial charge in [-0.05, 0) is 41.4 Å². The fraction of sp³-hybridized carbons (Fsp3) is 0.500. The van der Waals surface area contributed by atoms with E-state index in [0.717, 1.165) is 23.4 Å². The highest BCUT2D eigenvalue weighted by atomic mass is 79.9. The molecule has 1 atom stereocenters. The van der Waals surface area contributed by atoms with Crippen molar-refractivity contribution in [3.8, 4) is 5.75 Å². The Morgan fingerprint density at radius 2 is 2.57 bits per heavy atom. The number of hydrogen-bond donors (Lipinski definition) is 1. The summed E-state index contributed by atoms with van der Waals surface area (Å²) in [7, 11) is 0. The summed E-state index contributed by atoms with van der Waals surface area (Å²) in [6.07, 6.45) is 5.93. The standard InChI is InChI=1S/C10H13BrN2O/c11-9-3-5-12-6-10(9)14-7-8-2-1-4-13-8/h3,5-6,8,13H,1-2,4,7H2. The SMILES string of the molecule is Brc1ccncc1OCC1CCCN1. The van der Waals surface area contributed by atoms with Gasteiger partial charge in [0.15, 0.2) is 5.75 Å². The minimum atomic E-state index is 0.502. The Morgan fingerprint density at radius 1 is 1.64 bits per heavy atom. The second-order valence-corrected chi connectivity index (χ2v) is 4.26. The maximum atomic E-state index is 5.65. The average molecular weight is 257 g/mol. The Balaban J connectivity index is 1.88. The number of halogens is 1. The largest absolute Gasteiger partial charge is 0.489 e. The zero-order valence-corrected chi connectivity index (χ0v) is 9.46. The lowest BCUT2D eigenvalue weighted by atomic mass is 10.2. The molecule has 0 bridgehead atoms. The van der Waals surface area contributed by atoms with E-state index in [1.54, 1.807) is 12.4 Å². The highest BCUT2D eigenvalue weighted by Gasteiger charge is 2.14. The lowest BCUT2D eigenvalue weighted by molar-refractivity contribution is 0.274. The van der Waals surface area contributed by atoms with Crippen LogP contribution in [0.1, 0.15) is 12.8 Å². The van der Waals surface area contributed by atoms with Gasteiger partial charge in [-0.3, -0.25) is 4.98 Å². The summed E-state index contributed by atoms with van der Waals surface area (Å²) < 4.78 is 6.61. The van der Waals surface area contributed by atoms with Crippen LogP contribution in [-0.2, 0) is 0 Å². The van der Waals surface area contributed by atoms with Gasteiger partial charge in [0, 0.05) is 12.2 Å². The van der Waals surface area contributed by atoms with Gasteiger partial charge >= 0.3 is 0 Å². The molecule has 1 aliphatic heterocycles. The molecule has 1 fully saturated rings. The molecule has 1 aromatic rings. The number of hydrogen-bond acceptors (Lipinski definition) is 3. The van der Waals surface area contributed by atoms with Gasteiger partial charge in [0.25, 0.3) is 0 Å². The third kappa shape index (κ3) is 2.45. The van der Waals surface area contributed by atoms with Crippen LogP contribution in [0.3, 0.4) is 0 Å². The summed E-state index contributed by atoms with van der Waals surface area (Å²) in [5.74, 6) is 0.821. The van der Waals surface area contributed by atoms with Crippen LogP contribution in [0.4, 0.5) is 0 Å². The molecule has 0 aliphatic carbocycles. The first-order chi connectivity index (χ1) is 6.86.